The van der Waals surface area contributed by atoms with Crippen molar-refractivity contribution in [2.75, 3.05) is 5.32 Å². The quantitative estimate of drug-likeness (QED) is 0.695. The van der Waals surface area contributed by atoms with Gasteiger partial charge in [-0.3, -0.25) is 14.9 Å². The van der Waals surface area contributed by atoms with Crippen molar-refractivity contribution < 1.29 is 9.72 Å². The van der Waals surface area contributed by atoms with Gasteiger partial charge in [-0.2, -0.15) is 0 Å². The van der Waals surface area contributed by atoms with Crippen LogP contribution in [0.3, 0.4) is 0 Å². The highest BCUT2D eigenvalue weighted by atomic mass is 35.5. The van der Waals surface area contributed by atoms with Gasteiger partial charge in [0.05, 0.1) is 10.5 Å². The van der Waals surface area contributed by atoms with Gasteiger partial charge in [0.1, 0.15) is 10.8 Å². The van der Waals surface area contributed by atoms with E-state index in [9.17, 15) is 14.9 Å². The third-order valence-electron chi connectivity index (χ3n) is 2.57. The summed E-state index contributed by atoms with van der Waals surface area (Å²) >= 11 is 5.87. The van der Waals surface area contributed by atoms with Gasteiger partial charge in [-0.15, -0.1) is 0 Å². The Labute approximate surface area is 119 Å². The average molecular weight is 292 g/mol. The molecule has 0 saturated carbocycles. The topological polar surface area (TPSA) is 85.1 Å². The molecule has 2 aromatic rings. The van der Waals surface area contributed by atoms with E-state index in [0.717, 1.165) is 5.56 Å². The molecule has 2 rings (SSSR count). The van der Waals surface area contributed by atoms with E-state index in [2.05, 4.69) is 10.3 Å². The minimum absolute atomic E-state index is 0.0308. The molecular formula is C13H10ClN3O3. The minimum atomic E-state index is -0.636. The van der Waals surface area contributed by atoms with Crippen molar-refractivity contribution in [1.29, 1.82) is 0 Å². The fourth-order valence-corrected chi connectivity index (χ4v) is 1.84. The van der Waals surface area contributed by atoms with Crippen LogP contribution in [0, 0.1) is 17.0 Å². The van der Waals surface area contributed by atoms with Crippen LogP contribution >= 0.6 is 11.6 Å². The van der Waals surface area contributed by atoms with Crippen LogP contribution in [0.25, 0.3) is 0 Å². The van der Waals surface area contributed by atoms with Crippen LogP contribution in [0.5, 0.6) is 0 Å². The lowest BCUT2D eigenvalue weighted by Gasteiger charge is -2.06. The Morgan fingerprint density at radius 2 is 2.10 bits per heavy atom. The van der Waals surface area contributed by atoms with Gasteiger partial charge in [-0.05, 0) is 24.6 Å². The smallest absolute Gasteiger partial charge is 0.288 e. The number of hydrogen-bond acceptors (Lipinski definition) is 4. The van der Waals surface area contributed by atoms with E-state index in [-0.39, 0.29) is 16.3 Å². The number of rotatable bonds is 3. The Kier molecular flexibility index (Phi) is 3.95. The van der Waals surface area contributed by atoms with Crippen molar-refractivity contribution in [3.8, 4) is 0 Å². The Bertz CT molecular complexity index is 671. The Morgan fingerprint density at radius 3 is 2.70 bits per heavy atom. The molecule has 1 aromatic heterocycles. The molecule has 0 radical (unpaired) electrons. The lowest BCUT2D eigenvalue weighted by molar-refractivity contribution is -0.384. The van der Waals surface area contributed by atoms with Gasteiger partial charge < -0.3 is 5.32 Å². The highest BCUT2D eigenvalue weighted by Gasteiger charge is 2.20. The first-order chi connectivity index (χ1) is 9.49. The molecule has 0 aliphatic rings. The molecule has 0 aliphatic heterocycles. The number of carbonyl (C=O) groups excluding carboxylic acids is 1. The number of aryl methyl sites for hydroxylation is 1. The fourth-order valence-electron chi connectivity index (χ4n) is 1.56. The zero-order valence-electron chi connectivity index (χ0n) is 10.5. The van der Waals surface area contributed by atoms with E-state index in [1.54, 1.807) is 18.3 Å². The summed E-state index contributed by atoms with van der Waals surface area (Å²) in [4.78, 5) is 26.2. The van der Waals surface area contributed by atoms with Crippen LogP contribution in [0.4, 0.5) is 11.5 Å². The summed E-state index contributed by atoms with van der Waals surface area (Å²) in [5.74, 6) is -0.196. The number of nitro benzene ring substituents is 1. The van der Waals surface area contributed by atoms with E-state index >= 15 is 0 Å². The third-order valence-corrected chi connectivity index (χ3v) is 2.97. The minimum Gasteiger partial charge on any atom is -0.307 e. The zero-order valence-corrected chi connectivity index (χ0v) is 11.2. The molecule has 1 aromatic carbocycles. The maximum atomic E-state index is 12.0. The number of hydrogen-bond donors (Lipinski definition) is 1. The Hall–Kier alpha value is -2.47. The van der Waals surface area contributed by atoms with E-state index in [0.29, 0.717) is 5.82 Å². The molecule has 20 heavy (non-hydrogen) atoms. The number of halogens is 1. The number of carbonyl (C=O) groups is 1. The van der Waals surface area contributed by atoms with E-state index < -0.39 is 10.8 Å². The number of aromatic nitrogens is 1. The molecule has 0 aliphatic carbocycles. The molecule has 0 saturated heterocycles. The fraction of sp³-hybridized carbons (Fsp3) is 0.0769. The summed E-state index contributed by atoms with van der Waals surface area (Å²) in [7, 11) is 0. The molecule has 0 spiro atoms. The summed E-state index contributed by atoms with van der Waals surface area (Å²) in [5.41, 5.74) is 0.677. The highest BCUT2D eigenvalue weighted by molar-refractivity contribution is 6.36. The summed E-state index contributed by atoms with van der Waals surface area (Å²) in [5, 5.41) is 13.1. The van der Waals surface area contributed by atoms with Crippen LogP contribution in [-0.2, 0) is 0 Å². The average Bonchev–Trinajstić information content (AvgIpc) is 2.41. The van der Waals surface area contributed by atoms with Crippen LogP contribution in [-0.4, -0.2) is 15.8 Å². The number of benzene rings is 1. The van der Waals surface area contributed by atoms with Crippen LogP contribution in [0.1, 0.15) is 15.9 Å². The summed E-state index contributed by atoms with van der Waals surface area (Å²) in [6.45, 7) is 1.87. The van der Waals surface area contributed by atoms with Crippen molar-refractivity contribution in [2.45, 2.75) is 6.92 Å². The predicted molar refractivity (Wildman–Crippen MR) is 75.0 cm³/mol. The van der Waals surface area contributed by atoms with E-state index in [4.69, 9.17) is 11.6 Å². The van der Waals surface area contributed by atoms with Crippen molar-refractivity contribution in [3.63, 3.8) is 0 Å². The van der Waals surface area contributed by atoms with Gasteiger partial charge in [0.15, 0.2) is 0 Å². The van der Waals surface area contributed by atoms with E-state index in [1.807, 2.05) is 6.92 Å². The molecule has 0 unspecified atom stereocenters. The monoisotopic (exact) mass is 291 g/mol. The number of amides is 1. The van der Waals surface area contributed by atoms with Crippen LogP contribution in [0.2, 0.25) is 5.02 Å². The highest BCUT2D eigenvalue weighted by Crippen LogP contribution is 2.28. The molecule has 6 nitrogen and oxygen atoms in total. The second-order valence-electron chi connectivity index (χ2n) is 4.07. The number of nitrogens with zero attached hydrogens (tertiary/aromatic N) is 2. The molecule has 0 fully saturated rings. The van der Waals surface area contributed by atoms with Gasteiger partial charge in [-0.1, -0.05) is 23.7 Å². The van der Waals surface area contributed by atoms with Crippen molar-refractivity contribution >= 4 is 29.0 Å². The Balaban J connectivity index is 2.28. The lowest BCUT2D eigenvalue weighted by Crippen LogP contribution is -2.14. The normalized spacial score (nSPS) is 10.1. The number of nitrogens with one attached hydrogen (secondary N) is 1. The van der Waals surface area contributed by atoms with Crippen LogP contribution < -0.4 is 5.32 Å². The number of nitro groups is 1. The number of anilines is 1. The van der Waals surface area contributed by atoms with Gasteiger partial charge in [0.2, 0.25) is 0 Å². The molecular weight excluding hydrogens is 282 g/mol. The van der Waals surface area contributed by atoms with Gasteiger partial charge in [0.25, 0.3) is 11.6 Å². The Morgan fingerprint density at radius 1 is 1.35 bits per heavy atom. The third kappa shape index (κ3) is 2.92. The maximum Gasteiger partial charge on any atom is 0.288 e. The molecule has 0 atom stereocenters. The van der Waals surface area contributed by atoms with Gasteiger partial charge >= 0.3 is 0 Å². The van der Waals surface area contributed by atoms with Crippen molar-refractivity contribution in [3.05, 3.63) is 62.8 Å². The predicted octanol–water partition coefficient (Wildman–Crippen LogP) is 3.20. The summed E-state index contributed by atoms with van der Waals surface area (Å²) < 4.78 is 0. The molecule has 1 heterocycles. The second kappa shape index (κ2) is 5.66. The van der Waals surface area contributed by atoms with E-state index in [1.165, 1.54) is 18.2 Å². The van der Waals surface area contributed by atoms with Gasteiger partial charge in [0, 0.05) is 12.3 Å². The number of pyridine rings is 1. The second-order valence-corrected chi connectivity index (χ2v) is 4.45. The maximum absolute atomic E-state index is 12.0. The molecule has 1 amide bonds. The standard InChI is InChI=1S/C13H10ClN3O3/c1-8-5-6-11(15-7-8)16-13(18)9-3-2-4-10(12(9)14)17(19)20/h2-7H,1H3,(H,15,16,18). The first-order valence-electron chi connectivity index (χ1n) is 5.66. The van der Waals surface area contributed by atoms with Crippen molar-refractivity contribution in [2.24, 2.45) is 0 Å². The first-order valence-corrected chi connectivity index (χ1v) is 6.04. The molecule has 0 bridgehead atoms. The molecule has 102 valence electrons. The summed E-state index contributed by atoms with van der Waals surface area (Å²) in [6, 6.07) is 7.49. The van der Waals surface area contributed by atoms with Crippen LogP contribution in [0.15, 0.2) is 36.5 Å². The zero-order chi connectivity index (χ0) is 14.7. The lowest BCUT2D eigenvalue weighted by atomic mass is 10.2. The SMILES string of the molecule is Cc1ccc(NC(=O)c2cccc([N+](=O)[O-])c2Cl)nc1. The first kappa shape index (κ1) is 14.0. The van der Waals surface area contributed by atoms with Crippen molar-refractivity contribution in [1.82, 2.24) is 4.98 Å². The molecule has 1 N–H and O–H groups in total. The molecule has 7 heteroatoms. The van der Waals surface area contributed by atoms with Gasteiger partial charge in [-0.25, -0.2) is 4.98 Å². The largest absolute Gasteiger partial charge is 0.307 e. The summed E-state index contributed by atoms with van der Waals surface area (Å²) in [6.07, 6.45) is 1.60.